The topological polar surface area (TPSA) is 60.4 Å². The van der Waals surface area contributed by atoms with Crippen molar-refractivity contribution in [2.75, 3.05) is 0 Å². The first-order valence-corrected chi connectivity index (χ1v) is 3.15. The minimum absolute atomic E-state index is 0. The summed E-state index contributed by atoms with van der Waals surface area (Å²) in [5.74, 6) is -1.20. The van der Waals surface area contributed by atoms with Crippen molar-refractivity contribution in [3.8, 4) is 0 Å². The fourth-order valence-electron chi connectivity index (χ4n) is 0.746. The van der Waals surface area contributed by atoms with E-state index in [-0.39, 0.29) is 63.6 Å². The van der Waals surface area contributed by atoms with Crippen LogP contribution in [-0.2, 0) is 6.61 Å². The first-order valence-electron chi connectivity index (χ1n) is 3.15. The van der Waals surface area contributed by atoms with Crippen LogP contribution in [-0.4, -0.2) is 11.1 Å². The molecule has 0 saturated carbocycles. The summed E-state index contributed by atoms with van der Waals surface area (Å²) in [6.45, 7) is -0.0761. The van der Waals surface area contributed by atoms with E-state index in [0.717, 1.165) is 0 Å². The van der Waals surface area contributed by atoms with Crippen LogP contribution in [0.25, 0.3) is 0 Å². The van der Waals surface area contributed by atoms with E-state index in [4.69, 9.17) is 5.11 Å². The van der Waals surface area contributed by atoms with Gasteiger partial charge >= 0.3 is 51.4 Å². The van der Waals surface area contributed by atoms with Crippen molar-refractivity contribution in [3.63, 3.8) is 0 Å². The monoisotopic (exact) mass is 190 g/mol. The second-order valence-corrected chi connectivity index (χ2v) is 2.14. The van der Waals surface area contributed by atoms with Crippen LogP contribution in [0.1, 0.15) is 15.9 Å². The third kappa shape index (κ3) is 3.34. The Labute approximate surface area is 113 Å². The molecular weight excluding hydrogens is 183 g/mol. The summed E-state index contributed by atoms with van der Waals surface area (Å²) in [5.41, 5.74) is 0.817. The van der Waals surface area contributed by atoms with Crippen LogP contribution in [0.5, 0.6) is 0 Å². The number of aliphatic hydroxyl groups excluding tert-OH is 1. The molecule has 0 spiro atoms. The Balaban J connectivity index is 0.00000121. The molecule has 0 heterocycles. The van der Waals surface area contributed by atoms with Gasteiger partial charge in [-0.15, -0.1) is 0 Å². The summed E-state index contributed by atoms with van der Waals surface area (Å²) < 4.78 is 0. The zero-order chi connectivity index (χ0) is 8.27. The third-order valence-corrected chi connectivity index (χ3v) is 1.37. The van der Waals surface area contributed by atoms with Crippen LogP contribution in [0.4, 0.5) is 0 Å². The van der Waals surface area contributed by atoms with E-state index < -0.39 is 5.97 Å². The van der Waals surface area contributed by atoms with E-state index >= 15 is 0 Å². The minimum atomic E-state index is -1.20. The van der Waals surface area contributed by atoms with E-state index in [0.29, 0.717) is 5.56 Å². The van der Waals surface area contributed by atoms with E-state index in [1.165, 1.54) is 12.1 Å². The summed E-state index contributed by atoms with van der Waals surface area (Å²) in [4.78, 5) is 10.2. The van der Waals surface area contributed by atoms with E-state index in [1.807, 2.05) is 0 Å². The maximum atomic E-state index is 10.2. The molecule has 1 rings (SSSR count). The Morgan fingerprint density at radius 3 is 2.17 bits per heavy atom. The molecule has 0 fully saturated rings. The number of aliphatic hydroxyl groups is 1. The number of carbonyl (C=O) groups is 1. The largest absolute Gasteiger partial charge is 1.00 e. The molecule has 3 nitrogen and oxygen atoms in total. The molecule has 0 unspecified atom stereocenters. The van der Waals surface area contributed by atoms with Crippen LogP contribution in [0, 0.1) is 0 Å². The molecule has 0 atom stereocenters. The maximum absolute atomic E-state index is 10.2. The molecular formula is C8H7KO3. The van der Waals surface area contributed by atoms with Crippen LogP contribution in [0.3, 0.4) is 0 Å². The Morgan fingerprint density at radius 1 is 1.33 bits per heavy atom. The number of carboxylic acid groups (broad SMARTS) is 1. The van der Waals surface area contributed by atoms with E-state index in [2.05, 4.69) is 0 Å². The van der Waals surface area contributed by atoms with Gasteiger partial charge in [0.15, 0.2) is 0 Å². The summed E-state index contributed by atoms with van der Waals surface area (Å²) in [6.07, 6.45) is 0. The number of benzene rings is 1. The average Bonchev–Trinajstić information content (AvgIpc) is 2.05. The molecule has 0 bridgehead atoms. The van der Waals surface area contributed by atoms with Crippen molar-refractivity contribution in [3.05, 3.63) is 35.4 Å². The van der Waals surface area contributed by atoms with Gasteiger partial charge in [0.2, 0.25) is 0 Å². The number of carbonyl (C=O) groups excluding carboxylic acids is 1. The van der Waals surface area contributed by atoms with Crippen molar-refractivity contribution in [1.29, 1.82) is 0 Å². The number of hydrogen-bond donors (Lipinski definition) is 1. The van der Waals surface area contributed by atoms with Crippen LogP contribution in [0.15, 0.2) is 24.3 Å². The molecule has 12 heavy (non-hydrogen) atoms. The summed E-state index contributed by atoms with van der Waals surface area (Å²) in [6, 6.07) is 5.90. The van der Waals surface area contributed by atoms with Crippen LogP contribution in [0.2, 0.25) is 0 Å². The van der Waals surface area contributed by atoms with Gasteiger partial charge in [0, 0.05) is 0 Å². The SMILES string of the molecule is O=C([O-])c1ccc(CO)cc1.[K+]. The first-order chi connectivity index (χ1) is 5.24. The molecule has 0 saturated heterocycles. The predicted octanol–water partition coefficient (Wildman–Crippen LogP) is -3.45. The zero-order valence-corrected chi connectivity index (χ0v) is 9.90. The van der Waals surface area contributed by atoms with Crippen LogP contribution < -0.4 is 56.5 Å². The van der Waals surface area contributed by atoms with Crippen molar-refractivity contribution in [2.45, 2.75) is 6.61 Å². The molecule has 0 aliphatic rings. The molecule has 58 valence electrons. The normalized spacial score (nSPS) is 8.75. The summed E-state index contributed by atoms with van der Waals surface area (Å²) in [5, 5.41) is 18.8. The molecule has 0 amide bonds. The Kier molecular flexibility index (Phi) is 5.99. The molecule has 1 aromatic rings. The molecule has 0 aliphatic carbocycles. The van der Waals surface area contributed by atoms with Gasteiger partial charge in [0.05, 0.1) is 12.6 Å². The Morgan fingerprint density at radius 2 is 1.83 bits per heavy atom. The van der Waals surface area contributed by atoms with Crippen molar-refractivity contribution in [1.82, 2.24) is 0 Å². The number of hydrogen-bond acceptors (Lipinski definition) is 3. The summed E-state index contributed by atoms with van der Waals surface area (Å²) in [7, 11) is 0. The fourth-order valence-corrected chi connectivity index (χ4v) is 0.746. The minimum Gasteiger partial charge on any atom is -0.545 e. The number of rotatable bonds is 2. The Hall–Kier alpha value is 0.286. The summed E-state index contributed by atoms with van der Waals surface area (Å²) >= 11 is 0. The molecule has 0 aromatic heterocycles. The predicted molar refractivity (Wildman–Crippen MR) is 36.7 cm³/mol. The quantitative estimate of drug-likeness (QED) is 0.493. The number of aromatic carboxylic acids is 1. The second-order valence-electron chi connectivity index (χ2n) is 2.14. The van der Waals surface area contributed by atoms with Gasteiger partial charge in [0.1, 0.15) is 0 Å². The van der Waals surface area contributed by atoms with Crippen LogP contribution >= 0.6 is 0 Å². The zero-order valence-electron chi connectivity index (χ0n) is 6.78. The van der Waals surface area contributed by atoms with Crippen molar-refractivity contribution < 1.29 is 66.4 Å². The average molecular weight is 190 g/mol. The van der Waals surface area contributed by atoms with Gasteiger partial charge in [-0.25, -0.2) is 0 Å². The molecule has 1 aromatic carbocycles. The molecule has 1 N–H and O–H groups in total. The first kappa shape index (κ1) is 12.3. The van der Waals surface area contributed by atoms with Gasteiger partial charge < -0.3 is 15.0 Å². The van der Waals surface area contributed by atoms with Crippen molar-refractivity contribution >= 4 is 5.97 Å². The van der Waals surface area contributed by atoms with E-state index in [9.17, 15) is 9.90 Å². The van der Waals surface area contributed by atoms with Gasteiger partial charge in [-0.05, 0) is 11.1 Å². The smallest absolute Gasteiger partial charge is 0.545 e. The third-order valence-electron chi connectivity index (χ3n) is 1.37. The molecule has 4 heteroatoms. The van der Waals surface area contributed by atoms with Gasteiger partial charge in [-0.1, -0.05) is 24.3 Å². The fraction of sp³-hybridized carbons (Fsp3) is 0.125. The van der Waals surface area contributed by atoms with Gasteiger partial charge in [0.25, 0.3) is 0 Å². The molecule has 0 aliphatic heterocycles. The molecule has 0 radical (unpaired) electrons. The van der Waals surface area contributed by atoms with E-state index in [1.54, 1.807) is 12.1 Å². The Bertz CT molecular complexity index is 256. The van der Waals surface area contributed by atoms with Gasteiger partial charge in [-0.2, -0.15) is 0 Å². The van der Waals surface area contributed by atoms with Crippen molar-refractivity contribution in [2.24, 2.45) is 0 Å². The van der Waals surface area contributed by atoms with Gasteiger partial charge in [-0.3, -0.25) is 0 Å². The second kappa shape index (κ2) is 5.85. The standard InChI is InChI=1S/C8H8O3.K/c9-5-6-1-3-7(4-2-6)8(10)11;/h1-4,9H,5H2,(H,10,11);/q;+1/p-1. The number of carboxylic acids is 1. The maximum Gasteiger partial charge on any atom is 1.00 e.